The lowest BCUT2D eigenvalue weighted by Crippen LogP contribution is -2.48. The summed E-state index contributed by atoms with van der Waals surface area (Å²) in [4.78, 5) is 5.54. The SMILES string of the molecule is Fc1ccccc1[C@@]12C[C@@H](OCc3ccccc3)CC[C@@H]1CON2. The Hall–Kier alpha value is -1.75. The Morgan fingerprint density at radius 2 is 1.88 bits per heavy atom. The molecular weight excluding hydrogens is 305 g/mol. The molecule has 1 heterocycles. The molecule has 0 spiro atoms. The van der Waals surface area contributed by atoms with E-state index in [0.29, 0.717) is 18.8 Å². The summed E-state index contributed by atoms with van der Waals surface area (Å²) in [7, 11) is 0. The van der Waals surface area contributed by atoms with Crippen molar-refractivity contribution in [2.45, 2.75) is 37.5 Å². The highest BCUT2D eigenvalue weighted by molar-refractivity contribution is 5.29. The van der Waals surface area contributed by atoms with E-state index >= 15 is 0 Å². The van der Waals surface area contributed by atoms with Gasteiger partial charge in [0.05, 0.1) is 24.9 Å². The van der Waals surface area contributed by atoms with Crippen LogP contribution in [0.5, 0.6) is 0 Å². The second-order valence-electron chi connectivity index (χ2n) is 6.76. The van der Waals surface area contributed by atoms with Crippen LogP contribution < -0.4 is 5.48 Å². The fourth-order valence-electron chi connectivity index (χ4n) is 4.02. The third-order valence-corrected chi connectivity index (χ3v) is 5.31. The largest absolute Gasteiger partial charge is 0.373 e. The van der Waals surface area contributed by atoms with Crippen LogP contribution in [0.4, 0.5) is 4.39 Å². The summed E-state index contributed by atoms with van der Waals surface area (Å²) in [5, 5.41) is 0. The minimum Gasteiger partial charge on any atom is -0.373 e. The van der Waals surface area contributed by atoms with Crippen LogP contribution in [0.1, 0.15) is 30.4 Å². The van der Waals surface area contributed by atoms with Crippen molar-refractivity contribution in [1.82, 2.24) is 5.48 Å². The Morgan fingerprint density at radius 3 is 2.71 bits per heavy atom. The number of benzene rings is 2. The Balaban J connectivity index is 1.53. The average molecular weight is 327 g/mol. The van der Waals surface area contributed by atoms with Crippen LogP contribution in [-0.4, -0.2) is 12.7 Å². The van der Waals surface area contributed by atoms with E-state index < -0.39 is 5.54 Å². The summed E-state index contributed by atoms with van der Waals surface area (Å²) < 4.78 is 20.6. The van der Waals surface area contributed by atoms with Gasteiger partial charge in [0, 0.05) is 11.5 Å². The molecule has 2 fully saturated rings. The lowest BCUT2D eigenvalue weighted by molar-refractivity contribution is -0.0327. The van der Waals surface area contributed by atoms with E-state index in [9.17, 15) is 4.39 Å². The maximum Gasteiger partial charge on any atom is 0.128 e. The van der Waals surface area contributed by atoms with Crippen molar-refractivity contribution in [3.8, 4) is 0 Å². The third-order valence-electron chi connectivity index (χ3n) is 5.31. The van der Waals surface area contributed by atoms with Crippen molar-refractivity contribution in [2.24, 2.45) is 5.92 Å². The van der Waals surface area contributed by atoms with Gasteiger partial charge in [-0.15, -0.1) is 0 Å². The van der Waals surface area contributed by atoms with Gasteiger partial charge < -0.3 is 9.57 Å². The molecule has 0 bridgehead atoms. The van der Waals surface area contributed by atoms with Gasteiger partial charge in [0.2, 0.25) is 0 Å². The average Bonchev–Trinajstić information content (AvgIpc) is 3.05. The van der Waals surface area contributed by atoms with Crippen LogP contribution >= 0.6 is 0 Å². The minimum atomic E-state index is -0.481. The summed E-state index contributed by atoms with van der Waals surface area (Å²) in [6, 6.07) is 17.2. The molecule has 1 N–H and O–H groups in total. The second kappa shape index (κ2) is 6.63. The molecule has 2 aromatic rings. The first-order valence-electron chi connectivity index (χ1n) is 8.57. The molecular formula is C20H22FNO2. The molecule has 1 aliphatic carbocycles. The predicted molar refractivity (Wildman–Crippen MR) is 89.5 cm³/mol. The third kappa shape index (κ3) is 2.86. The van der Waals surface area contributed by atoms with E-state index in [2.05, 4.69) is 17.6 Å². The topological polar surface area (TPSA) is 30.5 Å². The number of ether oxygens (including phenoxy) is 1. The molecule has 4 rings (SSSR count). The van der Waals surface area contributed by atoms with Gasteiger partial charge in [0.15, 0.2) is 0 Å². The standard InChI is InChI=1S/C20H22FNO2/c21-19-9-5-4-8-18(19)20-12-17(11-10-16(20)14-24-22-20)23-13-15-6-2-1-3-7-15/h1-9,16-17,22H,10-14H2/t16-,17+,20-/m1/s1. The molecule has 4 heteroatoms. The van der Waals surface area contributed by atoms with Crippen LogP contribution in [0.3, 0.4) is 0 Å². The molecule has 0 unspecified atom stereocenters. The first-order chi connectivity index (χ1) is 11.8. The molecule has 1 saturated carbocycles. The van der Waals surface area contributed by atoms with Gasteiger partial charge in [-0.3, -0.25) is 0 Å². The van der Waals surface area contributed by atoms with Crippen LogP contribution in [0.25, 0.3) is 0 Å². The van der Waals surface area contributed by atoms with E-state index in [-0.39, 0.29) is 17.8 Å². The molecule has 2 aromatic carbocycles. The van der Waals surface area contributed by atoms with E-state index in [1.54, 1.807) is 6.07 Å². The normalized spacial score (nSPS) is 29.4. The fourth-order valence-corrected chi connectivity index (χ4v) is 4.02. The Kier molecular flexibility index (Phi) is 4.35. The van der Waals surface area contributed by atoms with Crippen LogP contribution in [0, 0.1) is 11.7 Å². The van der Waals surface area contributed by atoms with Crippen molar-refractivity contribution in [2.75, 3.05) is 6.61 Å². The van der Waals surface area contributed by atoms with Crippen LogP contribution in [0.15, 0.2) is 54.6 Å². The van der Waals surface area contributed by atoms with Gasteiger partial charge in [0.1, 0.15) is 5.82 Å². The van der Waals surface area contributed by atoms with Gasteiger partial charge in [-0.05, 0) is 30.9 Å². The fraction of sp³-hybridized carbons (Fsp3) is 0.400. The van der Waals surface area contributed by atoms with Gasteiger partial charge in [-0.2, -0.15) is 5.48 Å². The molecule has 0 radical (unpaired) electrons. The number of nitrogens with one attached hydrogen (secondary N) is 1. The smallest absolute Gasteiger partial charge is 0.128 e. The first kappa shape index (κ1) is 15.8. The number of hydrogen-bond acceptors (Lipinski definition) is 3. The summed E-state index contributed by atoms with van der Waals surface area (Å²) >= 11 is 0. The van der Waals surface area contributed by atoms with E-state index in [0.717, 1.165) is 24.8 Å². The number of hydrogen-bond donors (Lipinski definition) is 1. The highest BCUT2D eigenvalue weighted by Crippen LogP contribution is 2.46. The van der Waals surface area contributed by atoms with Crippen LogP contribution in [0.2, 0.25) is 0 Å². The van der Waals surface area contributed by atoms with E-state index in [1.165, 1.54) is 6.07 Å². The van der Waals surface area contributed by atoms with Gasteiger partial charge in [-0.25, -0.2) is 4.39 Å². The highest BCUT2D eigenvalue weighted by Gasteiger charge is 2.50. The molecule has 0 amide bonds. The second-order valence-corrected chi connectivity index (χ2v) is 6.76. The van der Waals surface area contributed by atoms with Crippen molar-refractivity contribution in [3.05, 3.63) is 71.5 Å². The summed E-state index contributed by atoms with van der Waals surface area (Å²) in [6.07, 6.45) is 2.78. The number of halogens is 1. The molecule has 3 atom stereocenters. The molecule has 1 aliphatic heterocycles. The predicted octanol–water partition coefficient (Wildman–Crippen LogP) is 3.94. The first-order valence-corrected chi connectivity index (χ1v) is 8.57. The van der Waals surface area contributed by atoms with Crippen molar-refractivity contribution < 1.29 is 14.0 Å². The summed E-state index contributed by atoms with van der Waals surface area (Å²) in [6.45, 7) is 1.21. The lowest BCUT2D eigenvalue weighted by Gasteiger charge is -2.41. The maximum absolute atomic E-state index is 14.4. The van der Waals surface area contributed by atoms with Crippen molar-refractivity contribution >= 4 is 0 Å². The van der Waals surface area contributed by atoms with Gasteiger partial charge in [0.25, 0.3) is 0 Å². The molecule has 2 aliphatic rings. The molecule has 3 nitrogen and oxygen atoms in total. The zero-order chi connectivity index (χ0) is 16.4. The Labute approximate surface area is 141 Å². The molecule has 126 valence electrons. The van der Waals surface area contributed by atoms with E-state index in [1.807, 2.05) is 30.3 Å². The zero-order valence-corrected chi connectivity index (χ0v) is 13.6. The Bertz CT molecular complexity index is 693. The lowest BCUT2D eigenvalue weighted by atomic mass is 9.69. The molecule has 1 saturated heterocycles. The summed E-state index contributed by atoms with van der Waals surface area (Å²) in [5.74, 6) is 0.107. The number of hydroxylamine groups is 1. The van der Waals surface area contributed by atoms with Crippen LogP contribution in [-0.2, 0) is 21.7 Å². The summed E-state index contributed by atoms with van der Waals surface area (Å²) in [5.41, 5.74) is 4.51. The Morgan fingerprint density at radius 1 is 1.08 bits per heavy atom. The minimum absolute atomic E-state index is 0.0928. The maximum atomic E-state index is 14.4. The molecule has 24 heavy (non-hydrogen) atoms. The number of rotatable bonds is 4. The van der Waals surface area contributed by atoms with Gasteiger partial charge in [-0.1, -0.05) is 48.5 Å². The quantitative estimate of drug-likeness (QED) is 0.922. The zero-order valence-electron chi connectivity index (χ0n) is 13.6. The highest BCUT2D eigenvalue weighted by atomic mass is 19.1. The van der Waals surface area contributed by atoms with E-state index in [4.69, 9.17) is 9.57 Å². The van der Waals surface area contributed by atoms with Gasteiger partial charge >= 0.3 is 0 Å². The van der Waals surface area contributed by atoms with Crippen molar-refractivity contribution in [3.63, 3.8) is 0 Å². The number of fused-ring (bicyclic) bond motifs is 1. The molecule has 0 aromatic heterocycles. The van der Waals surface area contributed by atoms with Crippen molar-refractivity contribution in [1.29, 1.82) is 0 Å². The monoisotopic (exact) mass is 327 g/mol.